The Morgan fingerprint density at radius 1 is 1.38 bits per heavy atom. The molecule has 0 bridgehead atoms. The Bertz CT molecular complexity index is 211. The minimum Gasteiger partial charge on any atom is -0.373 e. The lowest BCUT2D eigenvalue weighted by Gasteiger charge is -2.34. The lowest BCUT2D eigenvalue weighted by Crippen LogP contribution is -2.49. The molecule has 1 rings (SSSR count). The van der Waals surface area contributed by atoms with Crippen LogP contribution in [0.2, 0.25) is 0 Å². The maximum Gasteiger partial charge on any atom is 0.234 e. The first-order valence-electron chi connectivity index (χ1n) is 6.26. The predicted molar refractivity (Wildman–Crippen MR) is 64.4 cm³/mol. The summed E-state index contributed by atoms with van der Waals surface area (Å²) in [5.74, 6) is 0.134. The van der Waals surface area contributed by atoms with Gasteiger partial charge in [-0.25, -0.2) is 0 Å². The molecule has 1 aliphatic rings. The molecular formula is C12H24N2O2. The first kappa shape index (κ1) is 13.5. The van der Waals surface area contributed by atoms with Gasteiger partial charge in [-0.05, 0) is 20.3 Å². The average molecular weight is 228 g/mol. The zero-order valence-corrected chi connectivity index (χ0v) is 10.7. The average Bonchev–Trinajstić information content (AvgIpc) is 2.16. The van der Waals surface area contributed by atoms with Crippen molar-refractivity contribution in [2.75, 3.05) is 26.2 Å². The van der Waals surface area contributed by atoms with Gasteiger partial charge in [-0.1, -0.05) is 13.3 Å². The van der Waals surface area contributed by atoms with Crippen molar-refractivity contribution in [1.29, 1.82) is 0 Å². The summed E-state index contributed by atoms with van der Waals surface area (Å²) in [6.07, 6.45) is 2.63. The van der Waals surface area contributed by atoms with Crippen molar-refractivity contribution < 1.29 is 9.53 Å². The highest BCUT2D eigenvalue weighted by molar-refractivity contribution is 5.77. The molecule has 1 saturated heterocycles. The van der Waals surface area contributed by atoms with E-state index in [1.807, 2.05) is 0 Å². The maximum absolute atomic E-state index is 11.6. The minimum atomic E-state index is 0.134. The van der Waals surface area contributed by atoms with Crippen molar-refractivity contribution in [2.45, 2.75) is 45.8 Å². The fraction of sp³-hybridized carbons (Fsp3) is 0.917. The van der Waals surface area contributed by atoms with Gasteiger partial charge in [-0.3, -0.25) is 9.69 Å². The van der Waals surface area contributed by atoms with Crippen LogP contribution in [0.5, 0.6) is 0 Å². The zero-order chi connectivity index (χ0) is 12.0. The van der Waals surface area contributed by atoms with Crippen molar-refractivity contribution in [3.05, 3.63) is 0 Å². The molecule has 1 N–H and O–H groups in total. The molecule has 94 valence electrons. The fourth-order valence-electron chi connectivity index (χ4n) is 2.08. The standard InChI is InChI=1S/C12H24N2O2/c1-4-5-6-13-12(15)9-14-7-10(2)16-11(3)8-14/h10-11H,4-9H2,1-3H3,(H,13,15). The highest BCUT2D eigenvalue weighted by Crippen LogP contribution is 2.09. The Balaban J connectivity index is 2.22. The van der Waals surface area contributed by atoms with Crippen LogP contribution in [0.15, 0.2) is 0 Å². The molecule has 4 heteroatoms. The third-order valence-electron chi connectivity index (χ3n) is 2.71. The number of carbonyl (C=O) groups excluding carboxylic acids is 1. The molecule has 1 amide bonds. The molecule has 1 fully saturated rings. The number of carbonyl (C=O) groups is 1. The molecule has 1 heterocycles. The molecule has 0 aliphatic carbocycles. The number of morpholine rings is 1. The largest absolute Gasteiger partial charge is 0.373 e. The number of hydrogen-bond donors (Lipinski definition) is 1. The molecule has 16 heavy (non-hydrogen) atoms. The monoisotopic (exact) mass is 228 g/mol. The summed E-state index contributed by atoms with van der Waals surface area (Å²) in [7, 11) is 0. The molecule has 0 aromatic rings. The van der Waals surface area contributed by atoms with E-state index in [0.29, 0.717) is 6.54 Å². The molecule has 0 saturated carbocycles. The van der Waals surface area contributed by atoms with Crippen LogP contribution < -0.4 is 5.32 Å². The van der Waals surface area contributed by atoms with Gasteiger partial charge in [-0.2, -0.15) is 0 Å². The van der Waals surface area contributed by atoms with E-state index in [9.17, 15) is 4.79 Å². The second-order valence-corrected chi connectivity index (χ2v) is 4.65. The fourth-order valence-corrected chi connectivity index (χ4v) is 2.08. The van der Waals surface area contributed by atoms with Gasteiger partial charge >= 0.3 is 0 Å². The Kier molecular flexibility index (Phi) is 5.77. The van der Waals surface area contributed by atoms with Gasteiger partial charge in [0.05, 0.1) is 18.8 Å². The Morgan fingerprint density at radius 2 is 2.00 bits per heavy atom. The van der Waals surface area contributed by atoms with Crippen LogP contribution in [-0.4, -0.2) is 49.2 Å². The van der Waals surface area contributed by atoms with E-state index in [2.05, 4.69) is 31.0 Å². The van der Waals surface area contributed by atoms with Crippen LogP contribution in [0.1, 0.15) is 33.6 Å². The number of unbranched alkanes of at least 4 members (excludes halogenated alkanes) is 1. The first-order valence-corrected chi connectivity index (χ1v) is 6.26. The number of nitrogens with zero attached hydrogens (tertiary/aromatic N) is 1. The lowest BCUT2D eigenvalue weighted by molar-refractivity contribution is -0.125. The summed E-state index contributed by atoms with van der Waals surface area (Å²) >= 11 is 0. The quantitative estimate of drug-likeness (QED) is 0.714. The smallest absolute Gasteiger partial charge is 0.234 e. The summed E-state index contributed by atoms with van der Waals surface area (Å²) in [4.78, 5) is 13.8. The van der Waals surface area contributed by atoms with Crippen LogP contribution in [0.4, 0.5) is 0 Å². The van der Waals surface area contributed by atoms with Gasteiger partial charge in [0.15, 0.2) is 0 Å². The van der Waals surface area contributed by atoms with Gasteiger partial charge < -0.3 is 10.1 Å². The third kappa shape index (κ3) is 4.94. The summed E-state index contributed by atoms with van der Waals surface area (Å²) in [5.41, 5.74) is 0. The molecular weight excluding hydrogens is 204 g/mol. The second-order valence-electron chi connectivity index (χ2n) is 4.65. The van der Waals surface area contributed by atoms with E-state index in [1.165, 1.54) is 0 Å². The number of hydrogen-bond acceptors (Lipinski definition) is 3. The zero-order valence-electron chi connectivity index (χ0n) is 10.7. The van der Waals surface area contributed by atoms with E-state index in [-0.39, 0.29) is 18.1 Å². The number of nitrogens with one attached hydrogen (secondary N) is 1. The topological polar surface area (TPSA) is 41.6 Å². The van der Waals surface area contributed by atoms with E-state index in [1.54, 1.807) is 0 Å². The van der Waals surface area contributed by atoms with Crippen LogP contribution in [0.3, 0.4) is 0 Å². The van der Waals surface area contributed by atoms with Crippen LogP contribution in [0.25, 0.3) is 0 Å². The molecule has 2 unspecified atom stereocenters. The summed E-state index contributed by atoms with van der Waals surface area (Å²) in [6, 6.07) is 0. The molecule has 0 aromatic carbocycles. The van der Waals surface area contributed by atoms with Gasteiger partial charge in [0.25, 0.3) is 0 Å². The van der Waals surface area contributed by atoms with Gasteiger partial charge in [-0.15, -0.1) is 0 Å². The van der Waals surface area contributed by atoms with E-state index in [4.69, 9.17) is 4.74 Å². The minimum absolute atomic E-state index is 0.134. The van der Waals surface area contributed by atoms with Gasteiger partial charge in [0.2, 0.25) is 5.91 Å². The molecule has 0 radical (unpaired) electrons. The highest BCUT2D eigenvalue weighted by atomic mass is 16.5. The maximum atomic E-state index is 11.6. The first-order chi connectivity index (χ1) is 7.61. The van der Waals surface area contributed by atoms with E-state index < -0.39 is 0 Å². The van der Waals surface area contributed by atoms with Gasteiger partial charge in [0.1, 0.15) is 0 Å². The molecule has 1 aliphatic heterocycles. The van der Waals surface area contributed by atoms with E-state index >= 15 is 0 Å². The molecule has 0 spiro atoms. The summed E-state index contributed by atoms with van der Waals surface area (Å²) in [5, 5.41) is 2.94. The van der Waals surface area contributed by atoms with E-state index in [0.717, 1.165) is 32.5 Å². The van der Waals surface area contributed by atoms with Crippen LogP contribution >= 0.6 is 0 Å². The SMILES string of the molecule is CCCCNC(=O)CN1CC(C)OC(C)C1. The molecule has 4 nitrogen and oxygen atoms in total. The Hall–Kier alpha value is -0.610. The Morgan fingerprint density at radius 3 is 2.56 bits per heavy atom. The van der Waals surface area contributed by atoms with Crippen molar-refractivity contribution >= 4 is 5.91 Å². The molecule has 0 aromatic heterocycles. The van der Waals surface area contributed by atoms with Crippen LogP contribution in [0, 0.1) is 0 Å². The predicted octanol–water partition coefficient (Wildman–Crippen LogP) is 1.01. The van der Waals surface area contributed by atoms with Crippen LogP contribution in [-0.2, 0) is 9.53 Å². The number of amides is 1. The number of ether oxygens (including phenoxy) is 1. The summed E-state index contributed by atoms with van der Waals surface area (Å²) in [6.45, 7) is 9.23. The van der Waals surface area contributed by atoms with Crippen molar-refractivity contribution in [1.82, 2.24) is 10.2 Å². The Labute approximate surface area is 98.3 Å². The highest BCUT2D eigenvalue weighted by Gasteiger charge is 2.23. The number of rotatable bonds is 5. The van der Waals surface area contributed by atoms with Crippen molar-refractivity contribution in [3.63, 3.8) is 0 Å². The summed E-state index contributed by atoms with van der Waals surface area (Å²) < 4.78 is 5.62. The normalized spacial score (nSPS) is 26.7. The van der Waals surface area contributed by atoms with Gasteiger partial charge in [0, 0.05) is 19.6 Å². The second kappa shape index (κ2) is 6.86. The van der Waals surface area contributed by atoms with Crippen molar-refractivity contribution in [2.24, 2.45) is 0 Å². The molecule has 2 atom stereocenters. The third-order valence-corrected chi connectivity index (χ3v) is 2.71. The lowest BCUT2D eigenvalue weighted by atomic mass is 10.2. The van der Waals surface area contributed by atoms with Crippen molar-refractivity contribution in [3.8, 4) is 0 Å².